The molecule has 5 nitrogen and oxygen atoms in total. The minimum atomic E-state index is -0.182. The van der Waals surface area contributed by atoms with E-state index in [0.29, 0.717) is 12.1 Å². The van der Waals surface area contributed by atoms with Crippen molar-refractivity contribution in [1.82, 2.24) is 15.1 Å². The van der Waals surface area contributed by atoms with Gasteiger partial charge in [-0.05, 0) is 44.9 Å². The highest BCUT2D eigenvalue weighted by Crippen LogP contribution is 2.12. The molecule has 1 atom stereocenters. The molecule has 1 aromatic heterocycles. The van der Waals surface area contributed by atoms with Crippen LogP contribution in [0.1, 0.15) is 35.9 Å². The number of carbonyl (C=O) groups is 1. The molecule has 2 N–H and O–H groups in total. The fraction of sp³-hybridized carbons (Fsp3) is 0.375. The molecule has 5 heteroatoms. The Kier molecular flexibility index (Phi) is 5.11. The molecule has 0 aliphatic carbocycles. The molecular formula is C16H21N3O2. The van der Waals surface area contributed by atoms with Gasteiger partial charge >= 0.3 is 0 Å². The molecule has 0 bridgehead atoms. The summed E-state index contributed by atoms with van der Waals surface area (Å²) in [6, 6.07) is 11.5. The van der Waals surface area contributed by atoms with Gasteiger partial charge in [0, 0.05) is 18.3 Å². The first-order valence-corrected chi connectivity index (χ1v) is 7.15. The summed E-state index contributed by atoms with van der Waals surface area (Å²) >= 11 is 0. The lowest BCUT2D eigenvalue weighted by molar-refractivity contribution is 0.0931. The summed E-state index contributed by atoms with van der Waals surface area (Å²) in [6.07, 6.45) is 1.43. The van der Waals surface area contributed by atoms with Gasteiger partial charge in [-0.3, -0.25) is 4.79 Å². The lowest BCUT2D eigenvalue weighted by Gasteiger charge is -2.11. The first kappa shape index (κ1) is 15.3. The van der Waals surface area contributed by atoms with E-state index in [2.05, 4.69) is 10.4 Å². The number of para-hydroxylation sites is 1. The molecule has 0 aliphatic rings. The van der Waals surface area contributed by atoms with E-state index >= 15 is 0 Å². The molecule has 1 heterocycles. The summed E-state index contributed by atoms with van der Waals surface area (Å²) in [4.78, 5) is 12.2. The highest BCUT2D eigenvalue weighted by molar-refractivity contribution is 5.92. The molecule has 2 aromatic rings. The first-order valence-electron chi connectivity index (χ1n) is 7.15. The zero-order valence-corrected chi connectivity index (χ0v) is 12.4. The summed E-state index contributed by atoms with van der Waals surface area (Å²) < 4.78 is 1.76. The number of rotatable bonds is 6. The maximum Gasteiger partial charge on any atom is 0.272 e. The second-order valence-electron chi connectivity index (χ2n) is 5.16. The standard InChI is InChI=1S/C16H21N3O2/c1-12(7-6-10-20)17-16(21)15-11-13(2)19(18-15)14-8-4-3-5-9-14/h3-5,8-9,11-12,20H,6-7,10H2,1-2H3,(H,17,21). The number of hydrogen-bond donors (Lipinski definition) is 2. The zero-order chi connectivity index (χ0) is 15.2. The van der Waals surface area contributed by atoms with Crippen molar-refractivity contribution >= 4 is 5.91 Å². The van der Waals surface area contributed by atoms with Gasteiger partial charge in [0.25, 0.3) is 5.91 Å². The van der Waals surface area contributed by atoms with Crippen molar-refractivity contribution in [1.29, 1.82) is 0 Å². The number of aryl methyl sites for hydroxylation is 1. The van der Waals surface area contributed by atoms with E-state index in [1.807, 2.05) is 44.2 Å². The van der Waals surface area contributed by atoms with Gasteiger partial charge in [-0.15, -0.1) is 0 Å². The summed E-state index contributed by atoms with van der Waals surface area (Å²) in [5.74, 6) is -0.182. The molecule has 0 saturated carbocycles. The van der Waals surface area contributed by atoms with Crippen LogP contribution in [-0.2, 0) is 0 Å². The average molecular weight is 287 g/mol. The first-order chi connectivity index (χ1) is 10.1. The maximum atomic E-state index is 12.2. The van der Waals surface area contributed by atoms with Crippen LogP contribution in [0.25, 0.3) is 5.69 Å². The lowest BCUT2D eigenvalue weighted by atomic mass is 10.2. The highest BCUT2D eigenvalue weighted by atomic mass is 16.3. The third-order valence-electron chi connectivity index (χ3n) is 3.29. The van der Waals surface area contributed by atoms with E-state index in [1.165, 1.54) is 0 Å². The van der Waals surface area contributed by atoms with E-state index in [9.17, 15) is 4.79 Å². The molecule has 21 heavy (non-hydrogen) atoms. The largest absolute Gasteiger partial charge is 0.396 e. The number of nitrogens with zero attached hydrogens (tertiary/aromatic N) is 2. The van der Waals surface area contributed by atoms with Crippen molar-refractivity contribution in [3.8, 4) is 5.69 Å². The van der Waals surface area contributed by atoms with E-state index in [-0.39, 0.29) is 18.6 Å². The Labute approximate surface area is 124 Å². The number of carbonyl (C=O) groups excluding carboxylic acids is 1. The Morgan fingerprint density at radius 1 is 1.38 bits per heavy atom. The van der Waals surface area contributed by atoms with Gasteiger partial charge < -0.3 is 10.4 Å². The quantitative estimate of drug-likeness (QED) is 0.854. The summed E-state index contributed by atoms with van der Waals surface area (Å²) in [7, 11) is 0. The van der Waals surface area contributed by atoms with Crippen LogP contribution >= 0.6 is 0 Å². The van der Waals surface area contributed by atoms with Crippen LogP contribution in [0.2, 0.25) is 0 Å². The number of hydrogen-bond acceptors (Lipinski definition) is 3. The molecule has 0 fully saturated rings. The molecule has 1 aromatic carbocycles. The van der Waals surface area contributed by atoms with Crippen LogP contribution < -0.4 is 5.32 Å². The van der Waals surface area contributed by atoms with E-state index in [1.54, 1.807) is 10.7 Å². The predicted octanol–water partition coefficient (Wildman–Crippen LogP) is 2.07. The van der Waals surface area contributed by atoms with Crippen molar-refractivity contribution in [2.45, 2.75) is 32.7 Å². The third kappa shape index (κ3) is 3.92. The number of benzene rings is 1. The summed E-state index contributed by atoms with van der Waals surface area (Å²) in [5.41, 5.74) is 2.25. The van der Waals surface area contributed by atoms with Crippen molar-refractivity contribution in [3.63, 3.8) is 0 Å². The summed E-state index contributed by atoms with van der Waals surface area (Å²) in [6.45, 7) is 3.99. The molecule has 0 aliphatic heterocycles. The fourth-order valence-electron chi connectivity index (χ4n) is 2.18. The topological polar surface area (TPSA) is 67.2 Å². The summed E-state index contributed by atoms with van der Waals surface area (Å²) in [5, 5.41) is 16.1. The second kappa shape index (κ2) is 7.04. The SMILES string of the molecule is Cc1cc(C(=O)NC(C)CCCO)nn1-c1ccccc1. The number of amides is 1. The van der Waals surface area contributed by atoms with E-state index < -0.39 is 0 Å². The Bertz CT molecular complexity index is 593. The smallest absolute Gasteiger partial charge is 0.272 e. The van der Waals surface area contributed by atoms with E-state index in [0.717, 1.165) is 17.8 Å². The van der Waals surface area contributed by atoms with Crippen LogP contribution in [0.15, 0.2) is 36.4 Å². The number of nitrogens with one attached hydrogen (secondary N) is 1. The van der Waals surface area contributed by atoms with Crippen LogP contribution in [0.3, 0.4) is 0 Å². The van der Waals surface area contributed by atoms with Gasteiger partial charge in [0.1, 0.15) is 0 Å². The highest BCUT2D eigenvalue weighted by Gasteiger charge is 2.15. The molecule has 112 valence electrons. The average Bonchev–Trinajstić information content (AvgIpc) is 2.88. The molecule has 1 amide bonds. The van der Waals surface area contributed by atoms with Crippen molar-refractivity contribution in [2.75, 3.05) is 6.61 Å². The number of aliphatic hydroxyl groups is 1. The van der Waals surface area contributed by atoms with Crippen LogP contribution in [0, 0.1) is 6.92 Å². The molecule has 1 unspecified atom stereocenters. The van der Waals surface area contributed by atoms with Crippen molar-refractivity contribution in [2.24, 2.45) is 0 Å². The van der Waals surface area contributed by atoms with Crippen LogP contribution in [0.4, 0.5) is 0 Å². The van der Waals surface area contributed by atoms with Gasteiger partial charge in [-0.1, -0.05) is 18.2 Å². The van der Waals surface area contributed by atoms with E-state index in [4.69, 9.17) is 5.11 Å². The number of aromatic nitrogens is 2. The van der Waals surface area contributed by atoms with Gasteiger partial charge in [-0.25, -0.2) is 4.68 Å². The normalized spacial score (nSPS) is 12.1. The molecule has 0 saturated heterocycles. The van der Waals surface area contributed by atoms with Crippen molar-refractivity contribution in [3.05, 3.63) is 47.8 Å². The van der Waals surface area contributed by atoms with Gasteiger partial charge in [0.05, 0.1) is 5.69 Å². The monoisotopic (exact) mass is 287 g/mol. The Hall–Kier alpha value is -2.14. The zero-order valence-electron chi connectivity index (χ0n) is 12.4. The van der Waals surface area contributed by atoms with Crippen molar-refractivity contribution < 1.29 is 9.90 Å². The predicted molar refractivity (Wildman–Crippen MR) is 81.5 cm³/mol. The van der Waals surface area contributed by atoms with Crippen LogP contribution in [-0.4, -0.2) is 33.4 Å². The van der Waals surface area contributed by atoms with Crippen LogP contribution in [0.5, 0.6) is 0 Å². The molecule has 2 rings (SSSR count). The Balaban J connectivity index is 2.10. The third-order valence-corrected chi connectivity index (χ3v) is 3.29. The minimum Gasteiger partial charge on any atom is -0.396 e. The molecular weight excluding hydrogens is 266 g/mol. The van der Waals surface area contributed by atoms with Gasteiger partial charge in [0.2, 0.25) is 0 Å². The molecule has 0 radical (unpaired) electrons. The van der Waals surface area contributed by atoms with Gasteiger partial charge in [-0.2, -0.15) is 5.10 Å². The molecule has 0 spiro atoms. The minimum absolute atomic E-state index is 0.0202. The lowest BCUT2D eigenvalue weighted by Crippen LogP contribution is -2.33. The number of aliphatic hydroxyl groups excluding tert-OH is 1. The second-order valence-corrected chi connectivity index (χ2v) is 5.16. The van der Waals surface area contributed by atoms with Gasteiger partial charge in [0.15, 0.2) is 5.69 Å². The maximum absolute atomic E-state index is 12.2. The Morgan fingerprint density at radius 2 is 2.10 bits per heavy atom. The fourth-order valence-corrected chi connectivity index (χ4v) is 2.18. The Morgan fingerprint density at radius 3 is 2.76 bits per heavy atom.